The summed E-state index contributed by atoms with van der Waals surface area (Å²) < 4.78 is 2.62. The van der Waals surface area contributed by atoms with E-state index in [2.05, 4.69) is 183 Å². The number of nitrogens with one attached hydrogen (secondary N) is 1. The van der Waals surface area contributed by atoms with Crippen LogP contribution in [0.25, 0.3) is 64.3 Å². The quantitative estimate of drug-likeness (QED) is 0.178. The zero-order valence-electron chi connectivity index (χ0n) is 34.3. The van der Waals surface area contributed by atoms with E-state index in [0.717, 1.165) is 25.1 Å². The van der Waals surface area contributed by atoms with Gasteiger partial charge in [-0.1, -0.05) is 170 Å². The second-order valence-electron chi connectivity index (χ2n) is 17.9. The van der Waals surface area contributed by atoms with E-state index in [0.29, 0.717) is 0 Å². The minimum atomic E-state index is -0.149. The summed E-state index contributed by atoms with van der Waals surface area (Å²) in [7, 11) is 0.903. The average Bonchev–Trinajstić information content (AvgIpc) is 3.80. The third kappa shape index (κ3) is 4.96. The molecule has 0 bridgehead atoms. The smallest absolute Gasteiger partial charge is 0.193 e. The Labute approximate surface area is 374 Å². The summed E-state index contributed by atoms with van der Waals surface area (Å²) in [5.74, 6) is 0.240. The van der Waals surface area contributed by atoms with Gasteiger partial charge in [-0.3, -0.25) is 0 Å². The summed E-state index contributed by atoms with van der Waals surface area (Å²) in [6, 6.07) is 62.2. The highest BCUT2D eigenvalue weighted by atomic mass is 32.2. The maximum absolute atomic E-state index is 4.14. The fourth-order valence-electron chi connectivity index (χ4n) is 11.7. The molecular weight excluding hydrogens is 806 g/mol. The van der Waals surface area contributed by atoms with Crippen molar-refractivity contribution >= 4 is 95.4 Å². The number of anilines is 2. The topological polar surface area (TPSA) is 12.0 Å². The van der Waals surface area contributed by atoms with Crippen molar-refractivity contribution in [2.24, 2.45) is 0 Å². The van der Waals surface area contributed by atoms with Crippen LogP contribution >= 0.6 is 34.9 Å². The van der Waals surface area contributed by atoms with Gasteiger partial charge in [-0.25, -0.2) is 0 Å². The van der Waals surface area contributed by atoms with Crippen molar-refractivity contribution in [2.45, 2.75) is 51.2 Å². The Balaban J connectivity index is 1.06. The van der Waals surface area contributed by atoms with E-state index in [1.165, 1.54) is 117 Å². The fraction of sp³-hybridized carbons (Fsp3) is 0.0877. The van der Waals surface area contributed by atoms with Gasteiger partial charge >= 0.3 is 0 Å². The lowest BCUT2D eigenvalue weighted by molar-refractivity contribution is 0.641. The molecule has 0 fully saturated rings. The molecule has 0 spiro atoms. The van der Waals surface area contributed by atoms with Crippen molar-refractivity contribution in [1.29, 1.82) is 0 Å². The first-order valence-corrected chi connectivity index (χ1v) is 24.2. The average molecular weight is 844 g/mol. The number of thiophene rings is 1. The van der Waals surface area contributed by atoms with Crippen LogP contribution in [-0.2, 0) is 11.8 Å². The van der Waals surface area contributed by atoms with Gasteiger partial charge in [0.15, 0.2) is 7.28 Å². The maximum Gasteiger partial charge on any atom is 0.193 e. The summed E-state index contributed by atoms with van der Waals surface area (Å²) >= 11 is 5.70. The molecule has 62 heavy (non-hydrogen) atoms. The van der Waals surface area contributed by atoms with E-state index in [1.54, 1.807) is 5.56 Å². The van der Waals surface area contributed by atoms with Gasteiger partial charge in [0.05, 0.1) is 10.4 Å². The number of hydrogen-bond acceptors (Lipinski definition) is 4. The molecule has 4 aliphatic rings. The Morgan fingerprint density at radius 2 is 1.26 bits per heavy atom. The molecule has 1 aromatic heterocycles. The van der Waals surface area contributed by atoms with E-state index in [-0.39, 0.29) is 11.3 Å². The molecule has 9 aromatic carbocycles. The minimum absolute atomic E-state index is 0.149. The molecule has 5 heteroatoms. The highest BCUT2D eigenvalue weighted by molar-refractivity contribution is 8.05. The summed E-state index contributed by atoms with van der Waals surface area (Å²) in [5.41, 5.74) is 20.9. The van der Waals surface area contributed by atoms with Gasteiger partial charge in [0.25, 0.3) is 0 Å². The number of hydrogen-bond donors (Lipinski definition) is 1. The standard InChI is InChI=1S/C57H38BNS3/c1-57(2)43-19-7-5-15-34(43)40-28-41(55-53(54(40)57)42-27-38-32-14-4-3-13-31(32)25-26-33(38)36-17-11-20-44(58-55)52(36)42)39-29-50-51(61-49-24-10-9-23-48(49)60-50)30-46(39)59-45-21-12-18-37-35-16-6-8-22-47(35)62-56(37)45/h3-26,28-30,42,58-59H,27H2,1-2H3. The molecular formula is C57H38BNS3. The molecule has 0 amide bonds. The molecule has 1 atom stereocenters. The van der Waals surface area contributed by atoms with E-state index < -0.39 is 0 Å². The maximum atomic E-state index is 4.14. The second kappa shape index (κ2) is 13.0. The van der Waals surface area contributed by atoms with Crippen molar-refractivity contribution in [1.82, 2.24) is 0 Å². The molecule has 2 aliphatic carbocycles. The Morgan fingerprint density at radius 1 is 0.532 bits per heavy atom. The van der Waals surface area contributed by atoms with Crippen molar-refractivity contribution in [3.63, 3.8) is 0 Å². The van der Waals surface area contributed by atoms with Crippen LogP contribution in [0.2, 0.25) is 0 Å². The third-order valence-corrected chi connectivity index (χ3v) is 18.1. The number of fused-ring (bicyclic) bond motifs is 15. The molecule has 14 rings (SSSR count). The largest absolute Gasteiger partial charge is 0.354 e. The second-order valence-corrected chi connectivity index (χ2v) is 21.2. The Bertz CT molecular complexity index is 3620. The molecule has 292 valence electrons. The molecule has 0 saturated heterocycles. The predicted molar refractivity (Wildman–Crippen MR) is 268 cm³/mol. The molecule has 2 aliphatic heterocycles. The van der Waals surface area contributed by atoms with Gasteiger partial charge in [0.2, 0.25) is 0 Å². The zero-order valence-corrected chi connectivity index (χ0v) is 36.8. The fourth-order valence-corrected chi connectivity index (χ4v) is 15.1. The van der Waals surface area contributed by atoms with Gasteiger partial charge in [-0.15, -0.1) is 11.3 Å². The summed E-state index contributed by atoms with van der Waals surface area (Å²) in [6.45, 7) is 4.96. The lowest BCUT2D eigenvalue weighted by atomic mass is 9.49. The number of rotatable bonds is 3. The van der Waals surface area contributed by atoms with Crippen LogP contribution in [0.5, 0.6) is 0 Å². The van der Waals surface area contributed by atoms with Crippen LogP contribution in [-0.4, -0.2) is 7.28 Å². The van der Waals surface area contributed by atoms with Crippen LogP contribution in [0.3, 0.4) is 0 Å². The third-order valence-electron chi connectivity index (χ3n) is 14.3. The SMILES string of the molecule is CC1(C)c2ccccc2-c2cc(-c3cc4c(cc3Nc3cccc5c3sc3ccccc35)Sc3ccccc3S4)c3c(c21)C1Cc2c(ccc4ccccc24)-c2cccc(c21)B3. The Hall–Kier alpha value is -5.98. The predicted octanol–water partition coefficient (Wildman–Crippen LogP) is 14.6. The highest BCUT2D eigenvalue weighted by Gasteiger charge is 2.44. The highest BCUT2D eigenvalue weighted by Crippen LogP contribution is 2.57. The lowest BCUT2D eigenvalue weighted by Crippen LogP contribution is -2.44. The van der Waals surface area contributed by atoms with Gasteiger partial charge in [-0.05, 0) is 115 Å². The zero-order chi connectivity index (χ0) is 40.8. The first kappa shape index (κ1) is 35.6. The normalized spacial score (nSPS) is 15.8. The van der Waals surface area contributed by atoms with Crippen molar-refractivity contribution in [3.8, 4) is 33.4 Å². The monoisotopic (exact) mass is 843 g/mol. The van der Waals surface area contributed by atoms with E-state index >= 15 is 0 Å². The van der Waals surface area contributed by atoms with Gasteiger partial charge in [0, 0.05) is 57.6 Å². The molecule has 1 unspecified atom stereocenters. The first-order valence-electron chi connectivity index (χ1n) is 21.7. The van der Waals surface area contributed by atoms with Crippen LogP contribution in [0.15, 0.2) is 183 Å². The minimum Gasteiger partial charge on any atom is -0.354 e. The molecule has 1 N–H and O–H groups in total. The molecule has 1 nitrogen and oxygen atoms in total. The number of benzene rings is 9. The van der Waals surface area contributed by atoms with Gasteiger partial charge < -0.3 is 5.32 Å². The van der Waals surface area contributed by atoms with Crippen LogP contribution < -0.4 is 16.2 Å². The van der Waals surface area contributed by atoms with Crippen LogP contribution in [0.4, 0.5) is 11.4 Å². The Morgan fingerprint density at radius 3 is 2.15 bits per heavy atom. The van der Waals surface area contributed by atoms with Crippen molar-refractivity contribution < 1.29 is 0 Å². The van der Waals surface area contributed by atoms with Crippen LogP contribution in [0, 0.1) is 0 Å². The van der Waals surface area contributed by atoms with E-state index in [1.807, 2.05) is 34.9 Å². The lowest BCUT2D eigenvalue weighted by Gasteiger charge is -2.40. The molecule has 3 heterocycles. The van der Waals surface area contributed by atoms with Gasteiger partial charge in [0.1, 0.15) is 0 Å². The van der Waals surface area contributed by atoms with Crippen molar-refractivity contribution in [2.75, 3.05) is 5.32 Å². The Kier molecular flexibility index (Phi) is 7.48. The summed E-state index contributed by atoms with van der Waals surface area (Å²) in [5, 5.41) is 9.48. The molecule has 10 aromatic rings. The van der Waals surface area contributed by atoms with E-state index in [9.17, 15) is 0 Å². The molecule has 0 radical (unpaired) electrons. The van der Waals surface area contributed by atoms with Crippen molar-refractivity contribution in [3.05, 3.63) is 192 Å². The summed E-state index contributed by atoms with van der Waals surface area (Å²) in [6.07, 6.45) is 0.989. The summed E-state index contributed by atoms with van der Waals surface area (Å²) in [4.78, 5) is 5.27. The molecule has 0 saturated carbocycles. The van der Waals surface area contributed by atoms with Crippen LogP contribution in [0.1, 0.15) is 47.6 Å². The van der Waals surface area contributed by atoms with E-state index in [4.69, 9.17) is 0 Å². The van der Waals surface area contributed by atoms with Gasteiger partial charge in [-0.2, -0.15) is 0 Å². The first-order chi connectivity index (χ1) is 30.5.